The molecule has 1 heteroatoms. The van der Waals surface area contributed by atoms with Crippen molar-refractivity contribution in [3.05, 3.63) is 24.4 Å². The van der Waals surface area contributed by atoms with Crippen molar-refractivity contribution in [2.24, 2.45) is 0 Å². The summed E-state index contributed by atoms with van der Waals surface area (Å²) < 4.78 is 0. The molecule has 0 saturated carbocycles. The molecule has 0 amide bonds. The fourth-order valence-electron chi connectivity index (χ4n) is 1.44. The lowest BCUT2D eigenvalue weighted by molar-refractivity contribution is 0.374. The Balaban J connectivity index is 2.40. The first-order valence-electron chi connectivity index (χ1n) is 4.35. The van der Waals surface area contributed by atoms with Gasteiger partial charge in [-0.15, -0.1) is 6.58 Å². The Morgan fingerprint density at radius 1 is 1.73 bits per heavy atom. The van der Waals surface area contributed by atoms with Crippen molar-refractivity contribution in [1.82, 2.24) is 4.90 Å². The second-order valence-electron chi connectivity index (χ2n) is 3.09. The molecule has 0 aromatic heterocycles. The van der Waals surface area contributed by atoms with Gasteiger partial charge >= 0.3 is 0 Å². The minimum Gasteiger partial charge on any atom is -0.378 e. The van der Waals surface area contributed by atoms with Crippen molar-refractivity contribution in [1.29, 1.82) is 0 Å². The average Bonchev–Trinajstić information content (AvgIpc) is 2.03. The lowest BCUT2D eigenvalue weighted by Crippen LogP contribution is -2.21. The molecule has 0 fully saturated rings. The van der Waals surface area contributed by atoms with Crippen LogP contribution in [0.25, 0.3) is 0 Å². The van der Waals surface area contributed by atoms with E-state index >= 15 is 0 Å². The van der Waals surface area contributed by atoms with Gasteiger partial charge in [-0.05, 0) is 25.7 Å². The summed E-state index contributed by atoms with van der Waals surface area (Å²) in [5.74, 6) is 0. The zero-order chi connectivity index (χ0) is 8.10. The number of hydrogen-bond donors (Lipinski definition) is 0. The predicted octanol–water partition coefficient (Wildman–Crippen LogP) is 2.56. The Morgan fingerprint density at radius 2 is 2.55 bits per heavy atom. The molecule has 1 aliphatic rings. The predicted molar refractivity (Wildman–Crippen MR) is 49.4 cm³/mol. The summed E-state index contributed by atoms with van der Waals surface area (Å²) in [6.07, 6.45) is 9.19. The van der Waals surface area contributed by atoms with E-state index in [1.165, 1.54) is 31.5 Å². The highest BCUT2D eigenvalue weighted by Gasteiger charge is 2.06. The smallest absolute Gasteiger partial charge is 0.0174 e. The highest BCUT2D eigenvalue weighted by Crippen LogP contribution is 2.16. The van der Waals surface area contributed by atoms with Crippen molar-refractivity contribution < 1.29 is 0 Å². The Labute approximate surface area is 69.4 Å². The third-order valence-corrected chi connectivity index (χ3v) is 2.17. The molecule has 0 aromatic rings. The molecular formula is C10H17N. The van der Waals surface area contributed by atoms with Crippen molar-refractivity contribution in [2.45, 2.75) is 25.7 Å². The third-order valence-electron chi connectivity index (χ3n) is 2.17. The number of allylic oxidation sites excluding steroid dienone is 3. The van der Waals surface area contributed by atoms with Crippen LogP contribution in [0, 0.1) is 0 Å². The molecule has 11 heavy (non-hydrogen) atoms. The minimum atomic E-state index is 1.11. The molecule has 1 heterocycles. The van der Waals surface area contributed by atoms with Gasteiger partial charge in [0.15, 0.2) is 0 Å². The molecule has 0 N–H and O–H groups in total. The number of nitrogens with zero attached hydrogens (tertiary/aromatic N) is 1. The molecular weight excluding hydrogens is 134 g/mol. The average molecular weight is 151 g/mol. The molecule has 62 valence electrons. The first kappa shape index (κ1) is 8.38. The Morgan fingerprint density at radius 3 is 3.18 bits per heavy atom. The Bertz CT molecular complexity index is 158. The van der Waals surface area contributed by atoms with Gasteiger partial charge in [0, 0.05) is 19.3 Å². The second kappa shape index (κ2) is 4.22. The van der Waals surface area contributed by atoms with Crippen LogP contribution in [-0.4, -0.2) is 18.5 Å². The maximum Gasteiger partial charge on any atom is 0.0174 e. The van der Waals surface area contributed by atoms with Gasteiger partial charge in [-0.3, -0.25) is 0 Å². The lowest BCUT2D eigenvalue weighted by atomic mass is 10.1. The fourth-order valence-corrected chi connectivity index (χ4v) is 1.44. The van der Waals surface area contributed by atoms with Gasteiger partial charge in [0.1, 0.15) is 0 Å². The molecule has 1 rings (SSSR count). The van der Waals surface area contributed by atoms with E-state index in [0.717, 1.165) is 6.42 Å². The molecule has 0 aromatic carbocycles. The largest absolute Gasteiger partial charge is 0.378 e. The van der Waals surface area contributed by atoms with E-state index in [1.54, 1.807) is 0 Å². The van der Waals surface area contributed by atoms with Gasteiger partial charge in [-0.1, -0.05) is 12.2 Å². The van der Waals surface area contributed by atoms with E-state index in [-0.39, 0.29) is 0 Å². The first-order valence-corrected chi connectivity index (χ1v) is 4.35. The molecule has 1 aliphatic heterocycles. The summed E-state index contributed by atoms with van der Waals surface area (Å²) in [6, 6.07) is 0. The molecule has 0 aliphatic carbocycles. The molecule has 0 unspecified atom stereocenters. The zero-order valence-corrected chi connectivity index (χ0v) is 7.34. The second-order valence-corrected chi connectivity index (χ2v) is 3.09. The Kier molecular flexibility index (Phi) is 3.21. The van der Waals surface area contributed by atoms with Crippen molar-refractivity contribution in [2.75, 3.05) is 13.6 Å². The van der Waals surface area contributed by atoms with Crippen LogP contribution >= 0.6 is 0 Å². The van der Waals surface area contributed by atoms with Gasteiger partial charge in [-0.2, -0.15) is 0 Å². The van der Waals surface area contributed by atoms with Crippen LogP contribution in [0.1, 0.15) is 25.7 Å². The summed E-state index contributed by atoms with van der Waals surface area (Å²) in [5.41, 5.74) is 1.50. The summed E-state index contributed by atoms with van der Waals surface area (Å²) in [7, 11) is 2.17. The van der Waals surface area contributed by atoms with E-state index in [4.69, 9.17) is 0 Å². The zero-order valence-electron chi connectivity index (χ0n) is 7.34. The van der Waals surface area contributed by atoms with E-state index < -0.39 is 0 Å². The molecule has 0 atom stereocenters. The standard InChI is InChI=1S/C10H17N/c1-3-4-7-10-8-5-6-9-11(10)2/h3,8H,1,4-7,9H2,2H3. The number of rotatable bonds is 3. The monoisotopic (exact) mass is 151 g/mol. The van der Waals surface area contributed by atoms with Crippen LogP contribution in [-0.2, 0) is 0 Å². The lowest BCUT2D eigenvalue weighted by Gasteiger charge is -2.26. The van der Waals surface area contributed by atoms with Crippen molar-refractivity contribution in [3.63, 3.8) is 0 Å². The first-order chi connectivity index (χ1) is 5.34. The molecule has 0 radical (unpaired) electrons. The quantitative estimate of drug-likeness (QED) is 0.560. The normalized spacial score (nSPS) is 17.9. The van der Waals surface area contributed by atoms with Crippen LogP contribution in [0.4, 0.5) is 0 Å². The van der Waals surface area contributed by atoms with Gasteiger partial charge in [0.2, 0.25) is 0 Å². The van der Waals surface area contributed by atoms with E-state index in [1.807, 2.05) is 6.08 Å². The van der Waals surface area contributed by atoms with E-state index in [0.29, 0.717) is 0 Å². The van der Waals surface area contributed by atoms with Crippen LogP contribution in [0.2, 0.25) is 0 Å². The van der Waals surface area contributed by atoms with Gasteiger partial charge in [-0.25, -0.2) is 0 Å². The summed E-state index contributed by atoms with van der Waals surface area (Å²) in [6.45, 7) is 4.95. The SMILES string of the molecule is C=CCCC1=CCCCN1C. The van der Waals surface area contributed by atoms with Crippen molar-refractivity contribution >= 4 is 0 Å². The maximum absolute atomic E-state index is 3.72. The van der Waals surface area contributed by atoms with Gasteiger partial charge < -0.3 is 4.90 Å². The summed E-state index contributed by atoms with van der Waals surface area (Å²) in [5, 5.41) is 0. The van der Waals surface area contributed by atoms with E-state index in [9.17, 15) is 0 Å². The Hall–Kier alpha value is -0.720. The fraction of sp³-hybridized carbons (Fsp3) is 0.600. The minimum absolute atomic E-state index is 1.11. The topological polar surface area (TPSA) is 3.24 Å². The highest BCUT2D eigenvalue weighted by atomic mass is 15.1. The summed E-state index contributed by atoms with van der Waals surface area (Å²) >= 11 is 0. The third kappa shape index (κ3) is 2.41. The maximum atomic E-state index is 3.72. The summed E-state index contributed by atoms with van der Waals surface area (Å²) in [4.78, 5) is 2.35. The number of hydrogen-bond acceptors (Lipinski definition) is 1. The molecule has 0 saturated heterocycles. The van der Waals surface area contributed by atoms with Gasteiger partial charge in [0.05, 0.1) is 0 Å². The molecule has 1 nitrogen and oxygen atoms in total. The van der Waals surface area contributed by atoms with Crippen LogP contribution < -0.4 is 0 Å². The van der Waals surface area contributed by atoms with E-state index in [2.05, 4.69) is 24.6 Å². The van der Waals surface area contributed by atoms with Crippen molar-refractivity contribution in [3.8, 4) is 0 Å². The molecule has 0 spiro atoms. The van der Waals surface area contributed by atoms with Crippen LogP contribution in [0.15, 0.2) is 24.4 Å². The van der Waals surface area contributed by atoms with Gasteiger partial charge in [0.25, 0.3) is 0 Å². The van der Waals surface area contributed by atoms with Crippen LogP contribution in [0.5, 0.6) is 0 Å². The highest BCUT2D eigenvalue weighted by molar-refractivity contribution is 5.04. The van der Waals surface area contributed by atoms with Crippen LogP contribution in [0.3, 0.4) is 0 Å². The molecule has 0 bridgehead atoms.